The molecule has 0 bridgehead atoms. The molecule has 0 saturated carbocycles. The zero-order valence-electron chi connectivity index (χ0n) is 15.7. The number of hydrogen-bond acceptors (Lipinski definition) is 3. The number of benzene rings is 2. The van der Waals surface area contributed by atoms with E-state index < -0.39 is 6.04 Å². The Morgan fingerprint density at radius 1 is 1.11 bits per heavy atom. The first-order valence-corrected chi connectivity index (χ1v) is 10.00. The topological polar surface area (TPSA) is 49.4 Å². The zero-order chi connectivity index (χ0) is 19.6. The van der Waals surface area contributed by atoms with Gasteiger partial charge in [-0.1, -0.05) is 36.4 Å². The van der Waals surface area contributed by atoms with Crippen molar-refractivity contribution in [1.29, 1.82) is 0 Å². The summed E-state index contributed by atoms with van der Waals surface area (Å²) in [5.74, 6) is -0.186. The maximum Gasteiger partial charge on any atom is 0.242 e. The van der Waals surface area contributed by atoms with Gasteiger partial charge in [0.25, 0.3) is 0 Å². The summed E-state index contributed by atoms with van der Waals surface area (Å²) in [5.41, 5.74) is 0.401. The standard InChI is InChI=1S/C21H25FN2O2S/c1-3-23-21(26)16(2)24(15-17-9-7-8-12-19(17)22)20(25)13-14-27-18-10-5-4-6-11-18/h4-12,16H,3,13-15H2,1-2H3,(H,23,26)/t16-/m0/s1. The normalized spacial score (nSPS) is 11.7. The molecule has 0 saturated heterocycles. The van der Waals surface area contributed by atoms with E-state index in [9.17, 15) is 14.0 Å². The van der Waals surface area contributed by atoms with Crippen LogP contribution in [0.25, 0.3) is 0 Å². The van der Waals surface area contributed by atoms with Crippen LogP contribution in [-0.4, -0.2) is 35.1 Å². The lowest BCUT2D eigenvalue weighted by Crippen LogP contribution is -2.47. The number of thioether (sulfide) groups is 1. The van der Waals surface area contributed by atoms with Crippen molar-refractivity contribution in [2.24, 2.45) is 0 Å². The first-order valence-electron chi connectivity index (χ1n) is 9.01. The Kier molecular flexibility index (Phi) is 8.33. The lowest BCUT2D eigenvalue weighted by atomic mass is 10.1. The van der Waals surface area contributed by atoms with Crippen LogP contribution in [0, 0.1) is 5.82 Å². The van der Waals surface area contributed by atoms with Crippen LogP contribution in [0.15, 0.2) is 59.5 Å². The van der Waals surface area contributed by atoms with Crippen LogP contribution in [0.4, 0.5) is 4.39 Å². The van der Waals surface area contributed by atoms with Gasteiger partial charge >= 0.3 is 0 Å². The van der Waals surface area contributed by atoms with Crippen LogP contribution < -0.4 is 5.32 Å². The van der Waals surface area contributed by atoms with Gasteiger partial charge in [-0.15, -0.1) is 11.8 Å². The van der Waals surface area contributed by atoms with Crippen molar-refractivity contribution < 1.29 is 14.0 Å². The average Bonchev–Trinajstić information content (AvgIpc) is 2.67. The molecule has 0 radical (unpaired) electrons. The highest BCUT2D eigenvalue weighted by Gasteiger charge is 2.26. The van der Waals surface area contributed by atoms with Crippen LogP contribution in [0.2, 0.25) is 0 Å². The predicted molar refractivity (Wildman–Crippen MR) is 107 cm³/mol. The summed E-state index contributed by atoms with van der Waals surface area (Å²) < 4.78 is 14.1. The molecule has 1 atom stereocenters. The average molecular weight is 389 g/mol. The van der Waals surface area contributed by atoms with E-state index in [0.717, 1.165) is 4.90 Å². The highest BCUT2D eigenvalue weighted by Crippen LogP contribution is 2.20. The van der Waals surface area contributed by atoms with Crippen molar-refractivity contribution in [3.05, 3.63) is 66.0 Å². The molecule has 0 aliphatic carbocycles. The number of rotatable bonds is 9. The summed E-state index contributed by atoms with van der Waals surface area (Å²) in [6.45, 7) is 4.05. The summed E-state index contributed by atoms with van der Waals surface area (Å²) in [6, 6.07) is 15.5. The third kappa shape index (κ3) is 6.40. The van der Waals surface area contributed by atoms with Gasteiger partial charge in [0.2, 0.25) is 11.8 Å². The molecule has 0 unspecified atom stereocenters. The summed E-state index contributed by atoms with van der Waals surface area (Å²) >= 11 is 1.58. The van der Waals surface area contributed by atoms with Crippen molar-refractivity contribution in [3.8, 4) is 0 Å². The van der Waals surface area contributed by atoms with Gasteiger partial charge in [0, 0.05) is 35.7 Å². The second-order valence-electron chi connectivity index (χ2n) is 6.10. The largest absolute Gasteiger partial charge is 0.355 e. The number of halogens is 1. The molecule has 6 heteroatoms. The summed E-state index contributed by atoms with van der Waals surface area (Å²) in [6.07, 6.45) is 0.276. The summed E-state index contributed by atoms with van der Waals surface area (Å²) in [7, 11) is 0. The van der Waals surface area contributed by atoms with Crippen molar-refractivity contribution in [2.45, 2.75) is 37.8 Å². The molecule has 1 N–H and O–H groups in total. The van der Waals surface area contributed by atoms with E-state index in [-0.39, 0.29) is 30.6 Å². The predicted octanol–water partition coefficient (Wildman–Crippen LogP) is 3.86. The monoisotopic (exact) mass is 388 g/mol. The maximum absolute atomic E-state index is 14.1. The molecule has 4 nitrogen and oxygen atoms in total. The highest BCUT2D eigenvalue weighted by molar-refractivity contribution is 7.99. The number of nitrogens with one attached hydrogen (secondary N) is 1. The van der Waals surface area contributed by atoms with Gasteiger partial charge in [-0.2, -0.15) is 0 Å². The van der Waals surface area contributed by atoms with Gasteiger partial charge in [0.15, 0.2) is 0 Å². The van der Waals surface area contributed by atoms with Crippen LogP contribution in [-0.2, 0) is 16.1 Å². The second-order valence-corrected chi connectivity index (χ2v) is 7.26. The molecule has 0 aliphatic rings. The van der Waals surface area contributed by atoms with Crippen LogP contribution in [0.3, 0.4) is 0 Å². The quantitative estimate of drug-likeness (QED) is 0.664. The molecule has 2 rings (SSSR count). The number of carbonyl (C=O) groups is 2. The first-order chi connectivity index (χ1) is 13.0. The SMILES string of the molecule is CCNC(=O)[C@H](C)N(Cc1ccccc1F)C(=O)CCSc1ccccc1. The molecule has 2 aromatic carbocycles. The Morgan fingerprint density at radius 2 is 1.78 bits per heavy atom. The molecule has 0 fully saturated rings. The minimum Gasteiger partial charge on any atom is -0.355 e. The van der Waals surface area contributed by atoms with Crippen LogP contribution >= 0.6 is 11.8 Å². The number of nitrogens with zero attached hydrogens (tertiary/aromatic N) is 1. The maximum atomic E-state index is 14.1. The van der Waals surface area contributed by atoms with Crippen molar-refractivity contribution in [3.63, 3.8) is 0 Å². The number of likely N-dealkylation sites (N-methyl/N-ethyl adjacent to an activating group) is 1. The highest BCUT2D eigenvalue weighted by atomic mass is 32.2. The van der Waals surface area contributed by atoms with E-state index in [1.54, 1.807) is 36.9 Å². The molecule has 0 spiro atoms. The number of amides is 2. The second kappa shape index (κ2) is 10.7. The van der Waals surface area contributed by atoms with E-state index in [2.05, 4.69) is 5.32 Å². The van der Waals surface area contributed by atoms with Crippen LogP contribution in [0.5, 0.6) is 0 Å². The van der Waals surface area contributed by atoms with E-state index in [4.69, 9.17) is 0 Å². The Morgan fingerprint density at radius 3 is 2.44 bits per heavy atom. The zero-order valence-corrected chi connectivity index (χ0v) is 16.5. The minimum absolute atomic E-state index is 0.0693. The van der Waals surface area contributed by atoms with E-state index in [1.807, 2.05) is 37.3 Å². The van der Waals surface area contributed by atoms with Gasteiger partial charge in [0.05, 0.1) is 0 Å². The van der Waals surface area contributed by atoms with E-state index in [1.165, 1.54) is 11.0 Å². The molecule has 144 valence electrons. The van der Waals surface area contributed by atoms with Gasteiger partial charge in [-0.05, 0) is 32.0 Å². The Balaban J connectivity index is 2.06. The Labute approximate surface area is 164 Å². The fourth-order valence-electron chi connectivity index (χ4n) is 2.63. The third-order valence-corrected chi connectivity index (χ3v) is 5.16. The van der Waals surface area contributed by atoms with E-state index in [0.29, 0.717) is 17.9 Å². The molecule has 2 amide bonds. The Hall–Kier alpha value is -2.34. The van der Waals surface area contributed by atoms with Gasteiger partial charge in [0.1, 0.15) is 11.9 Å². The first kappa shape index (κ1) is 21.0. The summed E-state index contributed by atoms with van der Waals surface area (Å²) in [5, 5.41) is 2.73. The number of carbonyl (C=O) groups excluding carboxylic acids is 2. The lowest BCUT2D eigenvalue weighted by molar-refractivity contribution is -0.140. The minimum atomic E-state index is -0.668. The van der Waals surface area contributed by atoms with Crippen molar-refractivity contribution in [1.82, 2.24) is 10.2 Å². The molecule has 0 aromatic heterocycles. The molecular weight excluding hydrogens is 363 g/mol. The number of hydrogen-bond donors (Lipinski definition) is 1. The molecule has 0 heterocycles. The summed E-state index contributed by atoms with van der Waals surface area (Å²) in [4.78, 5) is 27.6. The fraction of sp³-hybridized carbons (Fsp3) is 0.333. The third-order valence-electron chi connectivity index (χ3n) is 4.14. The molecule has 0 aliphatic heterocycles. The smallest absolute Gasteiger partial charge is 0.242 e. The van der Waals surface area contributed by atoms with Crippen molar-refractivity contribution in [2.75, 3.05) is 12.3 Å². The lowest BCUT2D eigenvalue weighted by Gasteiger charge is -2.29. The molecular formula is C21H25FN2O2S. The Bertz CT molecular complexity index is 755. The van der Waals surface area contributed by atoms with Crippen molar-refractivity contribution >= 4 is 23.6 Å². The van der Waals surface area contributed by atoms with Gasteiger partial charge in [-0.3, -0.25) is 9.59 Å². The van der Waals surface area contributed by atoms with E-state index >= 15 is 0 Å². The van der Waals surface area contributed by atoms with Gasteiger partial charge < -0.3 is 10.2 Å². The molecule has 2 aromatic rings. The van der Waals surface area contributed by atoms with Crippen LogP contribution in [0.1, 0.15) is 25.8 Å². The van der Waals surface area contributed by atoms with Gasteiger partial charge in [-0.25, -0.2) is 4.39 Å². The fourth-order valence-corrected chi connectivity index (χ4v) is 3.49. The molecule has 27 heavy (non-hydrogen) atoms.